The molecule has 0 saturated carbocycles. The Labute approximate surface area is 120 Å². The number of hydrogen-bond donors (Lipinski definition) is 2. The number of rotatable bonds is 6. The second kappa shape index (κ2) is 6.74. The highest BCUT2D eigenvalue weighted by atomic mass is 16.5. The molecule has 0 aromatic carbocycles. The standard InChI is InChI=1S/C14H25N3O3/c1-10-12(11(2)20-16-10)7-6-8-15-13(18)17(5)9-14(3,4)19/h19H,6-9H2,1-5H3,(H,15,18). The molecule has 1 aromatic heterocycles. The largest absolute Gasteiger partial charge is 0.389 e. The Morgan fingerprint density at radius 3 is 2.60 bits per heavy atom. The predicted octanol–water partition coefficient (Wildman–Crippen LogP) is 1.64. The molecule has 6 heteroatoms. The Balaban J connectivity index is 2.29. The second-order valence-corrected chi connectivity index (χ2v) is 5.81. The van der Waals surface area contributed by atoms with Gasteiger partial charge < -0.3 is 19.8 Å². The quantitative estimate of drug-likeness (QED) is 0.778. The van der Waals surface area contributed by atoms with Crippen molar-refractivity contribution in [3.8, 4) is 0 Å². The Bertz CT molecular complexity index is 430. The summed E-state index contributed by atoms with van der Waals surface area (Å²) in [6, 6.07) is -0.175. The Hall–Kier alpha value is -1.56. The van der Waals surface area contributed by atoms with Crippen molar-refractivity contribution in [1.29, 1.82) is 0 Å². The molecule has 1 rings (SSSR count). The van der Waals surface area contributed by atoms with Gasteiger partial charge in [-0.15, -0.1) is 0 Å². The summed E-state index contributed by atoms with van der Waals surface area (Å²) in [5.41, 5.74) is 1.14. The van der Waals surface area contributed by atoms with Crippen LogP contribution in [0.2, 0.25) is 0 Å². The maximum atomic E-state index is 11.8. The van der Waals surface area contributed by atoms with Crippen LogP contribution < -0.4 is 5.32 Å². The summed E-state index contributed by atoms with van der Waals surface area (Å²) in [7, 11) is 1.67. The van der Waals surface area contributed by atoms with Crippen molar-refractivity contribution in [2.45, 2.75) is 46.1 Å². The van der Waals surface area contributed by atoms with Gasteiger partial charge in [-0.05, 0) is 40.5 Å². The van der Waals surface area contributed by atoms with Crippen LogP contribution in [-0.2, 0) is 6.42 Å². The van der Waals surface area contributed by atoms with Gasteiger partial charge in [0, 0.05) is 19.2 Å². The van der Waals surface area contributed by atoms with E-state index in [9.17, 15) is 9.90 Å². The van der Waals surface area contributed by atoms with E-state index in [1.165, 1.54) is 4.90 Å². The zero-order chi connectivity index (χ0) is 15.3. The zero-order valence-corrected chi connectivity index (χ0v) is 13.0. The summed E-state index contributed by atoms with van der Waals surface area (Å²) in [5.74, 6) is 0.841. The molecular weight excluding hydrogens is 258 g/mol. The molecule has 1 heterocycles. The van der Waals surface area contributed by atoms with Crippen molar-refractivity contribution < 1.29 is 14.4 Å². The minimum Gasteiger partial charge on any atom is -0.389 e. The van der Waals surface area contributed by atoms with Crippen molar-refractivity contribution in [1.82, 2.24) is 15.4 Å². The van der Waals surface area contributed by atoms with E-state index in [4.69, 9.17) is 4.52 Å². The first-order valence-electron chi connectivity index (χ1n) is 6.84. The summed E-state index contributed by atoms with van der Waals surface area (Å²) in [5, 5.41) is 16.4. The monoisotopic (exact) mass is 283 g/mol. The Morgan fingerprint density at radius 1 is 1.45 bits per heavy atom. The lowest BCUT2D eigenvalue weighted by molar-refractivity contribution is 0.0532. The van der Waals surface area contributed by atoms with Gasteiger partial charge in [0.25, 0.3) is 0 Å². The van der Waals surface area contributed by atoms with Gasteiger partial charge in [-0.1, -0.05) is 5.16 Å². The first-order chi connectivity index (χ1) is 9.20. The molecule has 2 N–H and O–H groups in total. The third-order valence-electron chi connectivity index (χ3n) is 3.03. The first kappa shape index (κ1) is 16.5. The van der Waals surface area contributed by atoms with Gasteiger partial charge >= 0.3 is 6.03 Å². The third kappa shape index (κ3) is 5.21. The molecule has 0 aliphatic rings. The molecule has 0 unspecified atom stereocenters. The molecule has 0 saturated heterocycles. The van der Waals surface area contributed by atoms with Crippen LogP contribution >= 0.6 is 0 Å². The summed E-state index contributed by atoms with van der Waals surface area (Å²) >= 11 is 0. The molecule has 0 spiro atoms. The average molecular weight is 283 g/mol. The highest BCUT2D eigenvalue weighted by Crippen LogP contribution is 2.13. The molecule has 0 atom stereocenters. The van der Waals surface area contributed by atoms with Crippen molar-refractivity contribution in [3.63, 3.8) is 0 Å². The predicted molar refractivity (Wildman–Crippen MR) is 76.6 cm³/mol. The number of aliphatic hydroxyl groups is 1. The number of carbonyl (C=O) groups excluding carboxylic acids is 1. The number of nitrogens with zero attached hydrogens (tertiary/aromatic N) is 2. The van der Waals surface area contributed by atoms with Crippen LogP contribution in [0.25, 0.3) is 0 Å². The maximum Gasteiger partial charge on any atom is 0.317 e. The molecule has 0 aliphatic heterocycles. The summed E-state index contributed by atoms with van der Waals surface area (Å²) < 4.78 is 5.09. The van der Waals surface area contributed by atoms with Crippen LogP contribution in [-0.4, -0.2) is 46.9 Å². The molecule has 1 aromatic rings. The molecule has 114 valence electrons. The van der Waals surface area contributed by atoms with Crippen molar-refractivity contribution >= 4 is 6.03 Å². The smallest absolute Gasteiger partial charge is 0.317 e. The van der Waals surface area contributed by atoms with Crippen molar-refractivity contribution in [2.24, 2.45) is 0 Å². The number of nitrogens with one attached hydrogen (secondary N) is 1. The molecular formula is C14H25N3O3. The normalized spacial score (nSPS) is 11.5. The SMILES string of the molecule is Cc1noc(C)c1CCCNC(=O)N(C)CC(C)(C)O. The van der Waals surface area contributed by atoms with Crippen molar-refractivity contribution in [3.05, 3.63) is 17.0 Å². The zero-order valence-electron chi connectivity index (χ0n) is 13.0. The molecule has 6 nitrogen and oxygen atoms in total. The number of likely N-dealkylation sites (N-methyl/N-ethyl adjacent to an activating group) is 1. The van der Waals surface area contributed by atoms with Gasteiger partial charge in [-0.3, -0.25) is 0 Å². The van der Waals surface area contributed by atoms with Crippen LogP contribution in [0, 0.1) is 13.8 Å². The van der Waals surface area contributed by atoms with Gasteiger partial charge in [0.15, 0.2) is 0 Å². The number of urea groups is 1. The molecule has 20 heavy (non-hydrogen) atoms. The van der Waals surface area contributed by atoms with Gasteiger partial charge in [-0.2, -0.15) is 0 Å². The topological polar surface area (TPSA) is 78.6 Å². The first-order valence-corrected chi connectivity index (χ1v) is 6.84. The van der Waals surface area contributed by atoms with Gasteiger partial charge in [0.1, 0.15) is 5.76 Å². The highest BCUT2D eigenvalue weighted by Gasteiger charge is 2.18. The number of amides is 2. The van der Waals surface area contributed by atoms with Crippen LogP contribution in [0.5, 0.6) is 0 Å². The van der Waals surface area contributed by atoms with Crippen LogP contribution in [0.15, 0.2) is 4.52 Å². The van der Waals surface area contributed by atoms with E-state index in [2.05, 4.69) is 10.5 Å². The third-order valence-corrected chi connectivity index (χ3v) is 3.03. The summed E-state index contributed by atoms with van der Waals surface area (Å²) in [6.07, 6.45) is 1.65. The molecule has 0 fully saturated rings. The number of carbonyl (C=O) groups is 1. The Kier molecular flexibility index (Phi) is 5.56. The van der Waals surface area contributed by atoms with E-state index in [1.54, 1.807) is 20.9 Å². The van der Waals surface area contributed by atoms with E-state index in [1.807, 2.05) is 13.8 Å². The van der Waals surface area contributed by atoms with Crippen molar-refractivity contribution in [2.75, 3.05) is 20.1 Å². The number of hydrogen-bond acceptors (Lipinski definition) is 4. The fourth-order valence-electron chi connectivity index (χ4n) is 2.11. The van der Waals surface area contributed by atoms with Crippen LogP contribution in [0.1, 0.15) is 37.3 Å². The fourth-order valence-corrected chi connectivity index (χ4v) is 2.11. The fraction of sp³-hybridized carbons (Fsp3) is 0.714. The average Bonchev–Trinajstić information content (AvgIpc) is 2.63. The van der Waals surface area contributed by atoms with E-state index in [0.717, 1.165) is 29.9 Å². The number of aryl methyl sites for hydroxylation is 2. The summed E-state index contributed by atoms with van der Waals surface area (Å²) in [4.78, 5) is 13.3. The lowest BCUT2D eigenvalue weighted by Gasteiger charge is -2.25. The van der Waals surface area contributed by atoms with E-state index in [0.29, 0.717) is 13.1 Å². The highest BCUT2D eigenvalue weighted by molar-refractivity contribution is 5.73. The van der Waals surface area contributed by atoms with E-state index < -0.39 is 5.60 Å². The number of aromatic nitrogens is 1. The van der Waals surface area contributed by atoms with Gasteiger partial charge in [-0.25, -0.2) is 4.79 Å². The summed E-state index contributed by atoms with van der Waals surface area (Å²) in [6.45, 7) is 8.04. The molecule has 0 radical (unpaired) electrons. The van der Waals surface area contributed by atoms with Gasteiger partial charge in [0.05, 0.1) is 17.8 Å². The van der Waals surface area contributed by atoms with Crippen LogP contribution in [0.4, 0.5) is 4.79 Å². The molecule has 0 bridgehead atoms. The van der Waals surface area contributed by atoms with E-state index >= 15 is 0 Å². The lowest BCUT2D eigenvalue weighted by Crippen LogP contribution is -2.44. The minimum absolute atomic E-state index is 0.175. The molecule has 0 aliphatic carbocycles. The minimum atomic E-state index is -0.886. The molecule has 2 amide bonds. The van der Waals surface area contributed by atoms with Gasteiger partial charge in [0.2, 0.25) is 0 Å². The maximum absolute atomic E-state index is 11.8. The lowest BCUT2D eigenvalue weighted by atomic mass is 10.1. The second-order valence-electron chi connectivity index (χ2n) is 5.81. The van der Waals surface area contributed by atoms with E-state index in [-0.39, 0.29) is 6.03 Å². The Morgan fingerprint density at radius 2 is 2.10 bits per heavy atom. The van der Waals surface area contributed by atoms with Crippen LogP contribution in [0.3, 0.4) is 0 Å².